The van der Waals surface area contributed by atoms with Crippen LogP contribution in [0, 0.1) is 5.92 Å². The zero-order chi connectivity index (χ0) is 12.3. The standard InChI is InChI=1S/C14H19NO2.ClH/c1-10(11-6-3-2-4-7-11)15-13-9-5-8-12(13)14(16)17;/h2-4,6-7,10,12-13,15H,5,8-9H2,1H3,(H,16,17);1H/t10-,12-,13-;/m1./s1. The summed E-state index contributed by atoms with van der Waals surface area (Å²) in [5, 5.41) is 12.6. The van der Waals surface area contributed by atoms with E-state index in [9.17, 15) is 4.79 Å². The van der Waals surface area contributed by atoms with Gasteiger partial charge in [-0.3, -0.25) is 4.79 Å². The lowest BCUT2D eigenvalue weighted by Gasteiger charge is -2.23. The summed E-state index contributed by atoms with van der Waals surface area (Å²) in [6.45, 7) is 2.09. The number of nitrogens with one attached hydrogen (secondary N) is 1. The predicted molar refractivity (Wildman–Crippen MR) is 74.0 cm³/mol. The first-order chi connectivity index (χ1) is 8.18. The summed E-state index contributed by atoms with van der Waals surface area (Å²) in [5.74, 6) is -0.888. The van der Waals surface area contributed by atoms with Gasteiger partial charge in [0.2, 0.25) is 0 Å². The van der Waals surface area contributed by atoms with Crippen LogP contribution in [0.5, 0.6) is 0 Å². The molecule has 4 heteroatoms. The molecule has 2 rings (SSSR count). The second-order valence-corrected chi connectivity index (χ2v) is 4.78. The SMILES string of the molecule is C[C@@H](N[C@@H]1CCC[C@H]1C(=O)O)c1ccccc1.Cl. The summed E-state index contributed by atoms with van der Waals surface area (Å²) in [4.78, 5) is 11.1. The first-order valence-electron chi connectivity index (χ1n) is 6.22. The van der Waals surface area contributed by atoms with E-state index in [4.69, 9.17) is 5.11 Å². The van der Waals surface area contributed by atoms with E-state index in [-0.39, 0.29) is 30.4 Å². The molecule has 1 aromatic carbocycles. The molecule has 100 valence electrons. The van der Waals surface area contributed by atoms with Crippen molar-refractivity contribution < 1.29 is 9.90 Å². The van der Waals surface area contributed by atoms with Gasteiger partial charge in [-0.15, -0.1) is 12.4 Å². The van der Waals surface area contributed by atoms with Gasteiger partial charge in [0.25, 0.3) is 0 Å². The van der Waals surface area contributed by atoms with Gasteiger partial charge in [0.1, 0.15) is 0 Å². The van der Waals surface area contributed by atoms with E-state index >= 15 is 0 Å². The number of carboxylic acid groups (broad SMARTS) is 1. The topological polar surface area (TPSA) is 49.3 Å². The van der Waals surface area contributed by atoms with Crippen molar-refractivity contribution in [2.45, 2.75) is 38.3 Å². The van der Waals surface area contributed by atoms with Gasteiger partial charge >= 0.3 is 5.97 Å². The van der Waals surface area contributed by atoms with Crippen molar-refractivity contribution in [1.29, 1.82) is 0 Å². The van der Waals surface area contributed by atoms with Crippen LogP contribution in [0.15, 0.2) is 30.3 Å². The molecule has 18 heavy (non-hydrogen) atoms. The number of aliphatic carboxylic acids is 1. The highest BCUT2D eigenvalue weighted by molar-refractivity contribution is 5.85. The summed E-state index contributed by atoms with van der Waals surface area (Å²) in [7, 11) is 0. The van der Waals surface area contributed by atoms with Crippen LogP contribution >= 0.6 is 12.4 Å². The Morgan fingerprint density at radius 3 is 2.61 bits per heavy atom. The second kappa shape index (κ2) is 6.76. The molecule has 1 aromatic rings. The summed E-state index contributed by atoms with van der Waals surface area (Å²) >= 11 is 0. The van der Waals surface area contributed by atoms with Crippen LogP contribution < -0.4 is 5.32 Å². The summed E-state index contributed by atoms with van der Waals surface area (Å²) < 4.78 is 0. The van der Waals surface area contributed by atoms with Crippen molar-refractivity contribution in [3.05, 3.63) is 35.9 Å². The normalized spacial score (nSPS) is 24.3. The first kappa shape index (κ1) is 15.0. The average molecular weight is 270 g/mol. The quantitative estimate of drug-likeness (QED) is 0.883. The van der Waals surface area contributed by atoms with Gasteiger partial charge in [-0.2, -0.15) is 0 Å². The van der Waals surface area contributed by atoms with E-state index in [0.29, 0.717) is 0 Å². The van der Waals surface area contributed by atoms with Gasteiger partial charge in [-0.05, 0) is 25.3 Å². The molecule has 3 nitrogen and oxygen atoms in total. The number of halogens is 1. The van der Waals surface area contributed by atoms with Crippen molar-refractivity contribution in [1.82, 2.24) is 5.32 Å². The van der Waals surface area contributed by atoms with Crippen LogP contribution in [0.4, 0.5) is 0 Å². The Morgan fingerprint density at radius 1 is 1.33 bits per heavy atom. The summed E-state index contributed by atoms with van der Waals surface area (Å²) in [6.07, 6.45) is 2.78. The highest BCUT2D eigenvalue weighted by Gasteiger charge is 2.33. The fourth-order valence-electron chi connectivity index (χ4n) is 2.61. The Morgan fingerprint density at radius 2 is 2.00 bits per heavy atom. The molecule has 0 spiro atoms. The number of benzene rings is 1. The maximum Gasteiger partial charge on any atom is 0.308 e. The third-order valence-electron chi connectivity index (χ3n) is 3.60. The molecule has 3 atom stereocenters. The van der Waals surface area contributed by atoms with E-state index < -0.39 is 5.97 Å². The van der Waals surface area contributed by atoms with E-state index in [1.165, 1.54) is 5.56 Å². The second-order valence-electron chi connectivity index (χ2n) is 4.78. The van der Waals surface area contributed by atoms with Gasteiger partial charge in [0.15, 0.2) is 0 Å². The molecule has 0 radical (unpaired) electrons. The minimum Gasteiger partial charge on any atom is -0.481 e. The third-order valence-corrected chi connectivity index (χ3v) is 3.60. The lowest BCUT2D eigenvalue weighted by Crippen LogP contribution is -2.37. The van der Waals surface area contributed by atoms with Gasteiger partial charge in [-0.25, -0.2) is 0 Å². The molecule has 1 saturated carbocycles. The van der Waals surface area contributed by atoms with Crippen LogP contribution in [0.1, 0.15) is 37.8 Å². The molecular weight excluding hydrogens is 250 g/mol. The van der Waals surface area contributed by atoms with Crippen LogP contribution in [-0.4, -0.2) is 17.1 Å². The van der Waals surface area contributed by atoms with E-state index in [2.05, 4.69) is 24.4 Å². The van der Waals surface area contributed by atoms with Gasteiger partial charge in [-0.1, -0.05) is 36.8 Å². The maximum atomic E-state index is 11.1. The van der Waals surface area contributed by atoms with Crippen LogP contribution in [-0.2, 0) is 4.79 Å². The Kier molecular flexibility index (Phi) is 5.63. The van der Waals surface area contributed by atoms with E-state index in [1.807, 2.05) is 18.2 Å². The van der Waals surface area contributed by atoms with Gasteiger partial charge in [0.05, 0.1) is 5.92 Å². The Hall–Kier alpha value is -1.06. The molecule has 2 N–H and O–H groups in total. The van der Waals surface area contributed by atoms with E-state index in [0.717, 1.165) is 19.3 Å². The number of hydrogen-bond acceptors (Lipinski definition) is 2. The number of carbonyl (C=O) groups is 1. The van der Waals surface area contributed by atoms with E-state index in [1.54, 1.807) is 0 Å². The molecule has 0 heterocycles. The van der Waals surface area contributed by atoms with Crippen molar-refractivity contribution in [2.24, 2.45) is 5.92 Å². The zero-order valence-corrected chi connectivity index (χ0v) is 11.3. The number of rotatable bonds is 4. The molecule has 0 unspecified atom stereocenters. The molecule has 0 aliphatic heterocycles. The largest absolute Gasteiger partial charge is 0.481 e. The Labute approximate surface area is 114 Å². The Balaban J connectivity index is 0.00000162. The molecular formula is C14H20ClNO2. The fraction of sp³-hybridized carbons (Fsp3) is 0.500. The van der Waals surface area contributed by atoms with Crippen molar-refractivity contribution >= 4 is 18.4 Å². The molecule has 1 aliphatic rings. The fourth-order valence-corrected chi connectivity index (χ4v) is 2.61. The van der Waals surface area contributed by atoms with Crippen molar-refractivity contribution in [3.8, 4) is 0 Å². The smallest absolute Gasteiger partial charge is 0.308 e. The number of hydrogen-bond donors (Lipinski definition) is 2. The maximum absolute atomic E-state index is 11.1. The van der Waals surface area contributed by atoms with Crippen molar-refractivity contribution in [2.75, 3.05) is 0 Å². The molecule has 0 bridgehead atoms. The van der Waals surface area contributed by atoms with Crippen LogP contribution in [0.2, 0.25) is 0 Å². The lowest BCUT2D eigenvalue weighted by atomic mass is 10.0. The number of carboxylic acids is 1. The molecule has 0 aromatic heterocycles. The first-order valence-corrected chi connectivity index (χ1v) is 6.22. The minimum atomic E-state index is -0.666. The van der Waals surface area contributed by atoms with Crippen molar-refractivity contribution in [3.63, 3.8) is 0 Å². The highest BCUT2D eigenvalue weighted by atomic mass is 35.5. The zero-order valence-electron chi connectivity index (χ0n) is 10.5. The van der Waals surface area contributed by atoms with Gasteiger partial charge in [0, 0.05) is 12.1 Å². The summed E-state index contributed by atoms with van der Waals surface area (Å²) in [5.41, 5.74) is 1.21. The Bertz CT molecular complexity index is 383. The molecule has 0 saturated heterocycles. The predicted octanol–water partition coefficient (Wildman–Crippen LogP) is 3.01. The average Bonchev–Trinajstić information content (AvgIpc) is 2.78. The molecule has 0 amide bonds. The monoisotopic (exact) mass is 269 g/mol. The van der Waals surface area contributed by atoms with Crippen LogP contribution in [0.25, 0.3) is 0 Å². The molecule has 1 fully saturated rings. The molecule has 1 aliphatic carbocycles. The van der Waals surface area contributed by atoms with Gasteiger partial charge < -0.3 is 10.4 Å². The summed E-state index contributed by atoms with van der Waals surface area (Å²) in [6, 6.07) is 10.5. The minimum absolute atomic E-state index is 0. The van der Waals surface area contributed by atoms with Crippen LogP contribution in [0.3, 0.4) is 0 Å². The highest BCUT2D eigenvalue weighted by Crippen LogP contribution is 2.28. The third kappa shape index (κ3) is 3.47. The lowest BCUT2D eigenvalue weighted by molar-refractivity contribution is -0.142.